The minimum absolute atomic E-state index is 0.265. The number of benzene rings is 1. The molecule has 1 rings (SSSR count). The van der Waals surface area contributed by atoms with Crippen LogP contribution in [-0.4, -0.2) is 31.9 Å². The number of hydrogen-bond donors (Lipinski definition) is 2. The molecule has 0 aliphatic carbocycles. The standard InChI is InChI=1S/C13H22N2O/c1-11(7-6-10-16)14-12-8-4-5-9-13(12)15(2)3/h4-5,8-9,11,14,16H,6-7,10H2,1-3H3. The Morgan fingerprint density at radius 3 is 2.62 bits per heavy atom. The molecule has 0 amide bonds. The van der Waals surface area contributed by atoms with Crippen LogP contribution < -0.4 is 10.2 Å². The van der Waals surface area contributed by atoms with Gasteiger partial charge in [-0.15, -0.1) is 0 Å². The number of rotatable bonds is 6. The highest BCUT2D eigenvalue weighted by Gasteiger charge is 2.06. The van der Waals surface area contributed by atoms with Gasteiger partial charge in [-0.05, 0) is 31.9 Å². The van der Waals surface area contributed by atoms with Gasteiger partial charge in [0.1, 0.15) is 0 Å². The Hall–Kier alpha value is -1.22. The fourth-order valence-corrected chi connectivity index (χ4v) is 1.72. The molecule has 16 heavy (non-hydrogen) atoms. The first-order valence-electron chi connectivity index (χ1n) is 5.79. The molecule has 0 spiro atoms. The van der Waals surface area contributed by atoms with Crippen LogP contribution in [0.4, 0.5) is 11.4 Å². The quantitative estimate of drug-likeness (QED) is 0.775. The van der Waals surface area contributed by atoms with Crippen molar-refractivity contribution < 1.29 is 5.11 Å². The van der Waals surface area contributed by atoms with Crippen molar-refractivity contribution in [2.45, 2.75) is 25.8 Å². The second-order valence-electron chi connectivity index (χ2n) is 4.32. The molecule has 1 atom stereocenters. The molecule has 1 aromatic carbocycles. The topological polar surface area (TPSA) is 35.5 Å². The van der Waals surface area contributed by atoms with Gasteiger partial charge in [0.2, 0.25) is 0 Å². The highest BCUT2D eigenvalue weighted by Crippen LogP contribution is 2.24. The Kier molecular flexibility index (Phi) is 5.12. The summed E-state index contributed by atoms with van der Waals surface area (Å²) in [5.41, 5.74) is 2.34. The molecule has 3 nitrogen and oxygen atoms in total. The Morgan fingerprint density at radius 1 is 1.31 bits per heavy atom. The van der Waals surface area contributed by atoms with E-state index < -0.39 is 0 Å². The lowest BCUT2D eigenvalue weighted by atomic mass is 10.1. The van der Waals surface area contributed by atoms with Gasteiger partial charge in [-0.2, -0.15) is 0 Å². The summed E-state index contributed by atoms with van der Waals surface area (Å²) >= 11 is 0. The number of hydrogen-bond acceptors (Lipinski definition) is 3. The molecule has 3 heteroatoms. The van der Waals surface area contributed by atoms with E-state index in [0.717, 1.165) is 18.5 Å². The van der Waals surface area contributed by atoms with Crippen LogP contribution in [0.5, 0.6) is 0 Å². The largest absolute Gasteiger partial charge is 0.396 e. The zero-order chi connectivity index (χ0) is 12.0. The average molecular weight is 222 g/mol. The van der Waals surface area contributed by atoms with Gasteiger partial charge in [-0.1, -0.05) is 12.1 Å². The SMILES string of the molecule is CC(CCCO)Nc1ccccc1N(C)C. The van der Waals surface area contributed by atoms with Gasteiger partial charge in [0, 0.05) is 26.7 Å². The van der Waals surface area contributed by atoms with Crippen LogP contribution in [0.15, 0.2) is 24.3 Å². The molecule has 0 aliphatic rings. The third kappa shape index (κ3) is 3.74. The Morgan fingerprint density at radius 2 is 2.00 bits per heavy atom. The Balaban J connectivity index is 2.65. The zero-order valence-corrected chi connectivity index (χ0v) is 10.4. The number of aliphatic hydroxyl groups excluding tert-OH is 1. The predicted octanol–water partition coefficient (Wildman–Crippen LogP) is 2.33. The molecule has 0 saturated carbocycles. The molecule has 1 aromatic rings. The van der Waals surface area contributed by atoms with E-state index in [9.17, 15) is 0 Å². The monoisotopic (exact) mass is 222 g/mol. The lowest BCUT2D eigenvalue weighted by Gasteiger charge is -2.21. The van der Waals surface area contributed by atoms with Crippen molar-refractivity contribution >= 4 is 11.4 Å². The van der Waals surface area contributed by atoms with E-state index in [1.165, 1.54) is 5.69 Å². The first kappa shape index (κ1) is 12.8. The Labute approximate surface area is 98.1 Å². The first-order valence-corrected chi connectivity index (χ1v) is 5.79. The predicted molar refractivity (Wildman–Crippen MR) is 70.2 cm³/mol. The van der Waals surface area contributed by atoms with E-state index in [1.807, 2.05) is 26.2 Å². The van der Waals surface area contributed by atoms with Crippen LogP contribution in [0.1, 0.15) is 19.8 Å². The molecule has 90 valence electrons. The van der Waals surface area contributed by atoms with E-state index in [-0.39, 0.29) is 6.61 Å². The van der Waals surface area contributed by atoms with Gasteiger partial charge in [0.25, 0.3) is 0 Å². The van der Waals surface area contributed by atoms with Gasteiger partial charge in [0.05, 0.1) is 11.4 Å². The number of aliphatic hydroxyl groups is 1. The molecule has 2 N–H and O–H groups in total. The summed E-state index contributed by atoms with van der Waals surface area (Å²) in [5.74, 6) is 0. The highest BCUT2D eigenvalue weighted by atomic mass is 16.2. The molecular formula is C13H22N2O. The summed E-state index contributed by atoms with van der Waals surface area (Å²) in [4.78, 5) is 2.10. The van der Waals surface area contributed by atoms with Crippen LogP contribution in [0.2, 0.25) is 0 Å². The summed E-state index contributed by atoms with van der Waals surface area (Å²) in [7, 11) is 4.08. The summed E-state index contributed by atoms with van der Waals surface area (Å²) in [6.45, 7) is 2.41. The molecular weight excluding hydrogens is 200 g/mol. The number of anilines is 2. The van der Waals surface area contributed by atoms with Crippen molar-refractivity contribution in [2.24, 2.45) is 0 Å². The molecule has 1 unspecified atom stereocenters. The molecule has 0 fully saturated rings. The van der Waals surface area contributed by atoms with Gasteiger partial charge < -0.3 is 15.3 Å². The van der Waals surface area contributed by atoms with Crippen molar-refractivity contribution in [1.82, 2.24) is 0 Å². The minimum atomic E-state index is 0.265. The first-order chi connectivity index (χ1) is 7.65. The van der Waals surface area contributed by atoms with Gasteiger partial charge >= 0.3 is 0 Å². The summed E-state index contributed by atoms with van der Waals surface area (Å²) in [6, 6.07) is 8.65. The number of nitrogens with one attached hydrogen (secondary N) is 1. The van der Waals surface area contributed by atoms with Crippen LogP contribution in [-0.2, 0) is 0 Å². The molecule has 0 aliphatic heterocycles. The highest BCUT2D eigenvalue weighted by molar-refractivity contribution is 5.69. The van der Waals surface area contributed by atoms with Crippen molar-refractivity contribution in [3.05, 3.63) is 24.3 Å². The fourth-order valence-electron chi connectivity index (χ4n) is 1.72. The van der Waals surface area contributed by atoms with Gasteiger partial charge in [-0.3, -0.25) is 0 Å². The zero-order valence-electron chi connectivity index (χ0n) is 10.4. The summed E-state index contributed by atoms with van der Waals surface area (Å²) in [6.07, 6.45) is 1.83. The fraction of sp³-hybridized carbons (Fsp3) is 0.538. The lowest BCUT2D eigenvalue weighted by Crippen LogP contribution is -2.18. The van der Waals surface area contributed by atoms with Gasteiger partial charge in [0.15, 0.2) is 0 Å². The third-order valence-electron chi connectivity index (χ3n) is 2.58. The van der Waals surface area contributed by atoms with Crippen LogP contribution in [0.25, 0.3) is 0 Å². The number of nitrogens with zero attached hydrogens (tertiary/aromatic N) is 1. The molecule has 0 bridgehead atoms. The number of para-hydroxylation sites is 2. The molecule has 0 radical (unpaired) electrons. The molecule has 0 aromatic heterocycles. The summed E-state index contributed by atoms with van der Waals surface area (Å²) < 4.78 is 0. The summed E-state index contributed by atoms with van der Waals surface area (Å²) in [5, 5.41) is 12.3. The molecule has 0 heterocycles. The van der Waals surface area contributed by atoms with E-state index in [4.69, 9.17) is 5.11 Å². The second-order valence-corrected chi connectivity index (χ2v) is 4.32. The smallest absolute Gasteiger partial charge is 0.0596 e. The van der Waals surface area contributed by atoms with Crippen LogP contribution in [0.3, 0.4) is 0 Å². The van der Waals surface area contributed by atoms with Crippen molar-refractivity contribution in [3.63, 3.8) is 0 Å². The lowest BCUT2D eigenvalue weighted by molar-refractivity contribution is 0.282. The van der Waals surface area contributed by atoms with Crippen LogP contribution in [0, 0.1) is 0 Å². The maximum Gasteiger partial charge on any atom is 0.0596 e. The normalized spacial score (nSPS) is 12.2. The van der Waals surface area contributed by atoms with Crippen molar-refractivity contribution in [1.29, 1.82) is 0 Å². The average Bonchev–Trinajstić information content (AvgIpc) is 2.27. The third-order valence-corrected chi connectivity index (χ3v) is 2.58. The van der Waals surface area contributed by atoms with E-state index in [0.29, 0.717) is 6.04 Å². The maximum atomic E-state index is 8.79. The van der Waals surface area contributed by atoms with Crippen molar-refractivity contribution in [2.75, 3.05) is 30.9 Å². The molecule has 0 saturated heterocycles. The minimum Gasteiger partial charge on any atom is -0.396 e. The Bertz CT molecular complexity index is 313. The van der Waals surface area contributed by atoms with Crippen molar-refractivity contribution in [3.8, 4) is 0 Å². The van der Waals surface area contributed by atoms with Crippen LogP contribution >= 0.6 is 0 Å². The second kappa shape index (κ2) is 6.38. The van der Waals surface area contributed by atoms with E-state index in [2.05, 4.69) is 29.3 Å². The van der Waals surface area contributed by atoms with E-state index in [1.54, 1.807) is 0 Å². The van der Waals surface area contributed by atoms with E-state index >= 15 is 0 Å². The maximum absolute atomic E-state index is 8.79. The van der Waals surface area contributed by atoms with Gasteiger partial charge in [-0.25, -0.2) is 0 Å².